The third-order valence-electron chi connectivity index (χ3n) is 3.94. The van der Waals surface area contributed by atoms with E-state index in [9.17, 15) is 14.9 Å². The van der Waals surface area contributed by atoms with Crippen molar-refractivity contribution in [1.29, 1.82) is 0 Å². The van der Waals surface area contributed by atoms with Crippen LogP contribution in [0.1, 0.15) is 16.1 Å². The fraction of sp³-hybridized carbons (Fsp3) is 0.118. The summed E-state index contributed by atoms with van der Waals surface area (Å²) >= 11 is 0. The molecule has 4 aromatic rings. The number of hydrogen-bond acceptors (Lipinski definition) is 7. The number of anilines is 1. The molecule has 0 aliphatic rings. The fourth-order valence-corrected chi connectivity index (χ4v) is 2.67. The van der Waals surface area contributed by atoms with Gasteiger partial charge in [-0.15, -0.1) is 0 Å². The molecule has 4 rings (SSSR count). The van der Waals surface area contributed by atoms with E-state index in [1.165, 1.54) is 15.7 Å². The number of nitrogens with one attached hydrogen (secondary N) is 1. The van der Waals surface area contributed by atoms with E-state index in [4.69, 9.17) is 0 Å². The highest BCUT2D eigenvalue weighted by Crippen LogP contribution is 2.13. The minimum atomic E-state index is -0.682. The molecule has 146 valence electrons. The van der Waals surface area contributed by atoms with Gasteiger partial charge in [0.1, 0.15) is 0 Å². The number of nitrogens with zero attached hydrogens (tertiary/aromatic N) is 8. The van der Waals surface area contributed by atoms with Crippen molar-refractivity contribution in [2.75, 3.05) is 5.32 Å². The zero-order chi connectivity index (χ0) is 20.2. The van der Waals surface area contributed by atoms with Crippen molar-refractivity contribution < 1.29 is 9.72 Å². The van der Waals surface area contributed by atoms with Crippen molar-refractivity contribution in [3.05, 3.63) is 82.7 Å². The maximum absolute atomic E-state index is 12.5. The summed E-state index contributed by atoms with van der Waals surface area (Å²) in [7, 11) is 0. The smallest absolute Gasteiger partial charge is 0.390 e. The molecular weight excluding hydrogens is 378 g/mol. The van der Waals surface area contributed by atoms with Crippen molar-refractivity contribution in [2.45, 2.75) is 13.2 Å². The van der Waals surface area contributed by atoms with Gasteiger partial charge in [-0.3, -0.25) is 9.48 Å². The predicted octanol–water partition coefficient (Wildman–Crippen LogP) is 1.39. The van der Waals surface area contributed by atoms with E-state index in [0.717, 1.165) is 5.56 Å². The molecule has 0 radical (unpaired) electrons. The lowest BCUT2D eigenvalue weighted by Crippen LogP contribution is -2.15. The molecule has 1 amide bonds. The number of amides is 1. The van der Waals surface area contributed by atoms with Crippen LogP contribution in [0.5, 0.6) is 0 Å². The van der Waals surface area contributed by atoms with Gasteiger partial charge in [0, 0.05) is 29.4 Å². The van der Waals surface area contributed by atoms with Gasteiger partial charge >= 0.3 is 5.95 Å². The summed E-state index contributed by atoms with van der Waals surface area (Å²) in [5, 5.41) is 25.5. The Bertz CT molecular complexity index is 1150. The quantitative estimate of drug-likeness (QED) is 0.370. The van der Waals surface area contributed by atoms with Gasteiger partial charge < -0.3 is 15.4 Å². The summed E-state index contributed by atoms with van der Waals surface area (Å²) in [6.45, 7) is 0.683. The first kappa shape index (κ1) is 18.0. The Morgan fingerprint density at radius 3 is 2.76 bits per heavy atom. The molecule has 3 aromatic heterocycles. The number of rotatable bonds is 7. The van der Waals surface area contributed by atoms with Crippen molar-refractivity contribution in [3.8, 4) is 0 Å². The highest BCUT2D eigenvalue weighted by atomic mass is 16.6. The first-order valence-corrected chi connectivity index (χ1v) is 8.52. The second-order valence-electron chi connectivity index (χ2n) is 6.08. The molecule has 12 heteroatoms. The van der Waals surface area contributed by atoms with Crippen LogP contribution in [-0.2, 0) is 13.2 Å². The van der Waals surface area contributed by atoms with Crippen LogP contribution in [0, 0.1) is 10.1 Å². The summed E-state index contributed by atoms with van der Waals surface area (Å²) in [6.07, 6.45) is 6.38. The Balaban J connectivity index is 1.40. The molecule has 0 aliphatic heterocycles. The highest BCUT2D eigenvalue weighted by molar-refractivity contribution is 6.02. The van der Waals surface area contributed by atoms with Gasteiger partial charge in [-0.25, -0.2) is 4.68 Å². The third-order valence-corrected chi connectivity index (χ3v) is 3.94. The van der Waals surface area contributed by atoms with Crippen LogP contribution in [0.2, 0.25) is 0 Å². The fourth-order valence-electron chi connectivity index (χ4n) is 2.67. The van der Waals surface area contributed by atoms with Gasteiger partial charge in [-0.1, -0.05) is 17.1 Å². The summed E-state index contributed by atoms with van der Waals surface area (Å²) in [5.74, 6) is -0.866. The summed E-state index contributed by atoms with van der Waals surface area (Å²) in [6, 6.07) is 10.9. The number of hydrogen-bond donors (Lipinski definition) is 1. The monoisotopic (exact) mass is 393 g/mol. The lowest BCUT2D eigenvalue weighted by atomic mass is 10.2. The minimum Gasteiger partial charge on any atom is -0.390 e. The van der Waals surface area contributed by atoms with Crippen molar-refractivity contribution in [3.63, 3.8) is 0 Å². The lowest BCUT2D eigenvalue weighted by Gasteiger charge is -2.07. The average molecular weight is 393 g/mol. The molecule has 0 spiro atoms. The molecule has 0 aliphatic carbocycles. The average Bonchev–Trinajstić information content (AvgIpc) is 3.44. The van der Waals surface area contributed by atoms with Gasteiger partial charge in [0.25, 0.3) is 5.91 Å². The SMILES string of the molecule is O=C(Nc1cccc(Cn2cccn2)c1)c1ccn(Cn2cnc([N+](=O)[O-])n2)n1. The molecule has 0 saturated heterocycles. The predicted molar refractivity (Wildman–Crippen MR) is 100 cm³/mol. The van der Waals surface area contributed by atoms with Crippen molar-refractivity contribution >= 4 is 17.5 Å². The zero-order valence-corrected chi connectivity index (χ0v) is 15.0. The topological polar surface area (TPSA) is 139 Å². The van der Waals surface area contributed by atoms with E-state index < -0.39 is 10.9 Å². The summed E-state index contributed by atoms with van der Waals surface area (Å²) in [4.78, 5) is 26.0. The van der Waals surface area contributed by atoms with E-state index >= 15 is 0 Å². The molecule has 1 aromatic carbocycles. The van der Waals surface area contributed by atoms with Crippen LogP contribution in [0.3, 0.4) is 0 Å². The maximum Gasteiger partial charge on any atom is 0.491 e. The zero-order valence-electron chi connectivity index (χ0n) is 15.0. The van der Waals surface area contributed by atoms with Crippen LogP contribution in [-0.4, -0.2) is 45.2 Å². The Hall–Kier alpha value is -4.35. The van der Waals surface area contributed by atoms with Crippen LogP contribution in [0.25, 0.3) is 0 Å². The van der Waals surface area contributed by atoms with E-state index in [1.807, 2.05) is 30.5 Å². The molecule has 0 fully saturated rings. The molecule has 1 N–H and O–H groups in total. The van der Waals surface area contributed by atoms with Crippen LogP contribution in [0.15, 0.2) is 61.3 Å². The molecule has 0 bridgehead atoms. The Labute approximate surface area is 163 Å². The maximum atomic E-state index is 12.5. The molecule has 0 saturated carbocycles. The Kier molecular flexibility index (Phi) is 4.80. The molecular formula is C17H15N9O3. The van der Waals surface area contributed by atoms with Gasteiger partial charge in [0.05, 0.1) is 6.54 Å². The van der Waals surface area contributed by atoms with E-state index in [-0.39, 0.29) is 18.3 Å². The normalized spacial score (nSPS) is 10.8. The second-order valence-corrected chi connectivity index (χ2v) is 6.08. The molecule has 0 atom stereocenters. The summed E-state index contributed by atoms with van der Waals surface area (Å²) < 4.78 is 4.48. The van der Waals surface area contributed by atoms with E-state index in [2.05, 4.69) is 25.6 Å². The van der Waals surface area contributed by atoms with Crippen LogP contribution in [0.4, 0.5) is 11.6 Å². The number of nitro groups is 1. The number of benzene rings is 1. The Morgan fingerprint density at radius 2 is 2.00 bits per heavy atom. The Morgan fingerprint density at radius 1 is 1.10 bits per heavy atom. The standard InChI is InChI=1S/C17H15N9O3/c27-16(20-14-4-1-3-13(9-14)10-23-7-2-6-19-23)15-5-8-24(21-15)12-25-11-18-17(22-25)26(28)29/h1-9,11H,10,12H2,(H,20,27). The molecule has 0 unspecified atom stereocenters. The largest absolute Gasteiger partial charge is 0.491 e. The first-order chi connectivity index (χ1) is 14.1. The van der Waals surface area contributed by atoms with E-state index in [0.29, 0.717) is 12.2 Å². The van der Waals surface area contributed by atoms with E-state index in [1.54, 1.807) is 29.2 Å². The van der Waals surface area contributed by atoms with Gasteiger partial charge in [-0.2, -0.15) is 14.9 Å². The highest BCUT2D eigenvalue weighted by Gasteiger charge is 2.15. The van der Waals surface area contributed by atoms with Gasteiger partial charge in [0.2, 0.25) is 6.33 Å². The molecule has 12 nitrogen and oxygen atoms in total. The van der Waals surface area contributed by atoms with Gasteiger partial charge in [0.15, 0.2) is 12.4 Å². The van der Waals surface area contributed by atoms with Crippen molar-refractivity contribution in [1.82, 2.24) is 34.3 Å². The number of aromatic nitrogens is 7. The van der Waals surface area contributed by atoms with Crippen LogP contribution < -0.4 is 5.32 Å². The van der Waals surface area contributed by atoms with Gasteiger partial charge in [-0.05, 0) is 34.8 Å². The first-order valence-electron chi connectivity index (χ1n) is 8.52. The lowest BCUT2D eigenvalue weighted by molar-refractivity contribution is -0.394. The molecule has 29 heavy (non-hydrogen) atoms. The molecule has 3 heterocycles. The third kappa shape index (κ3) is 4.32. The van der Waals surface area contributed by atoms with Crippen molar-refractivity contribution in [2.24, 2.45) is 0 Å². The number of carbonyl (C=O) groups excluding carboxylic acids is 1. The second kappa shape index (κ2) is 7.72. The summed E-state index contributed by atoms with van der Waals surface area (Å²) in [5.41, 5.74) is 1.84. The number of carbonyl (C=O) groups is 1. The minimum absolute atomic E-state index is 0.0907. The van der Waals surface area contributed by atoms with Crippen LogP contribution >= 0.6 is 0 Å².